The molecule has 2 fully saturated rings. The van der Waals surface area contributed by atoms with Crippen molar-refractivity contribution in [3.63, 3.8) is 0 Å². The molecule has 0 bridgehead atoms. The zero-order chi connectivity index (χ0) is 21.2. The smallest absolute Gasteiger partial charge is 0.274 e. The zero-order valence-electron chi connectivity index (χ0n) is 17.3. The summed E-state index contributed by atoms with van der Waals surface area (Å²) in [5.41, 5.74) is 2.54. The number of amides is 2. The Morgan fingerprint density at radius 1 is 1.13 bits per heavy atom. The number of carbonyl (C=O) groups excluding carboxylic acids is 2. The number of aromatic amines is 1. The molecule has 2 N–H and O–H groups in total. The Labute approximate surface area is 179 Å². The van der Waals surface area contributed by atoms with Gasteiger partial charge in [0.05, 0.1) is 24.7 Å². The van der Waals surface area contributed by atoms with Crippen LogP contribution in [0.25, 0.3) is 10.9 Å². The highest BCUT2D eigenvalue weighted by atomic mass is 16.3. The first-order chi connectivity index (χ1) is 15.0. The van der Waals surface area contributed by atoms with E-state index in [0.29, 0.717) is 50.4 Å². The highest BCUT2D eigenvalue weighted by Gasteiger charge is 2.53. The first-order valence-electron chi connectivity index (χ1n) is 11.0. The second-order valence-electron chi connectivity index (χ2n) is 9.06. The zero-order valence-corrected chi connectivity index (χ0v) is 17.3. The van der Waals surface area contributed by atoms with Crippen molar-refractivity contribution in [2.45, 2.75) is 50.4 Å². The number of aliphatic hydroxyl groups is 1. The lowest BCUT2D eigenvalue weighted by molar-refractivity contribution is 0.0242. The molecular weight excluding hydrogens is 394 g/mol. The van der Waals surface area contributed by atoms with Gasteiger partial charge in [-0.2, -0.15) is 0 Å². The van der Waals surface area contributed by atoms with E-state index in [2.05, 4.69) is 9.97 Å². The maximum atomic E-state index is 13.4. The Kier molecular flexibility index (Phi) is 4.02. The topological polar surface area (TPSA) is 94.5 Å². The molecule has 2 aromatic heterocycles. The number of aliphatic hydroxyl groups excluding tert-OH is 1. The largest absolute Gasteiger partial charge is 0.393 e. The number of fused-ring (bicyclic) bond motifs is 2. The van der Waals surface area contributed by atoms with Crippen LogP contribution in [-0.2, 0) is 13.1 Å². The van der Waals surface area contributed by atoms with Crippen LogP contribution in [0.15, 0.2) is 36.7 Å². The maximum Gasteiger partial charge on any atom is 0.274 e. The van der Waals surface area contributed by atoms with Gasteiger partial charge in [-0.25, -0.2) is 4.98 Å². The molecule has 6 rings (SSSR count). The molecule has 1 unspecified atom stereocenters. The number of nitrogens with one attached hydrogen (secondary N) is 1. The molecule has 160 valence electrons. The fraction of sp³-hybridized carbons (Fsp3) is 0.435. The number of hydrogen-bond donors (Lipinski definition) is 2. The minimum absolute atomic E-state index is 0.0678. The molecule has 2 amide bonds. The number of imidazole rings is 1. The lowest BCUT2D eigenvalue weighted by Gasteiger charge is -2.38. The van der Waals surface area contributed by atoms with Crippen LogP contribution in [0.2, 0.25) is 0 Å². The van der Waals surface area contributed by atoms with Gasteiger partial charge >= 0.3 is 0 Å². The van der Waals surface area contributed by atoms with E-state index in [1.807, 2.05) is 39.8 Å². The molecule has 1 spiro atoms. The Hall–Kier alpha value is -3.13. The summed E-state index contributed by atoms with van der Waals surface area (Å²) in [6.07, 6.45) is 4.53. The van der Waals surface area contributed by atoms with Gasteiger partial charge in [0.1, 0.15) is 5.69 Å². The normalized spacial score (nSPS) is 22.0. The van der Waals surface area contributed by atoms with E-state index < -0.39 is 0 Å². The summed E-state index contributed by atoms with van der Waals surface area (Å²) < 4.78 is 1.99. The molecule has 4 heterocycles. The molecule has 0 radical (unpaired) electrons. The third kappa shape index (κ3) is 2.96. The Balaban J connectivity index is 1.26. The number of nitrogens with zero attached hydrogens (tertiary/aromatic N) is 4. The number of likely N-dealkylation sites (tertiary alicyclic amines) is 1. The van der Waals surface area contributed by atoms with Crippen LogP contribution in [0.5, 0.6) is 0 Å². The van der Waals surface area contributed by atoms with E-state index in [9.17, 15) is 14.7 Å². The quantitative estimate of drug-likeness (QED) is 0.666. The lowest BCUT2D eigenvalue weighted by Crippen LogP contribution is -2.50. The van der Waals surface area contributed by atoms with Gasteiger partial charge in [-0.1, -0.05) is 18.2 Å². The maximum absolute atomic E-state index is 13.4. The predicted molar refractivity (Wildman–Crippen MR) is 114 cm³/mol. The standard InChI is InChI=1S/C23H25N5O3/c29-16-5-8-28(23(12-16)6-7-23)22(31)20-19-13-26(9-10-27(19)14-24-20)21(30)18-11-15-3-1-2-4-17(15)25-18/h1-4,11,14,16,25,29H,5-10,12-13H2. The number of benzene rings is 1. The van der Waals surface area contributed by atoms with Gasteiger partial charge < -0.3 is 24.5 Å². The molecule has 1 aromatic carbocycles. The van der Waals surface area contributed by atoms with Crippen molar-refractivity contribution in [3.8, 4) is 0 Å². The van der Waals surface area contributed by atoms with Crippen LogP contribution in [0.3, 0.4) is 0 Å². The summed E-state index contributed by atoms with van der Waals surface area (Å²) in [7, 11) is 0. The number of para-hydroxylation sites is 1. The fourth-order valence-corrected chi connectivity index (χ4v) is 5.19. The van der Waals surface area contributed by atoms with Crippen molar-refractivity contribution >= 4 is 22.7 Å². The average molecular weight is 419 g/mol. The van der Waals surface area contributed by atoms with E-state index >= 15 is 0 Å². The van der Waals surface area contributed by atoms with Crippen LogP contribution in [-0.4, -0.2) is 66.0 Å². The number of H-pyrrole nitrogens is 1. The van der Waals surface area contributed by atoms with Gasteiger partial charge in [0.25, 0.3) is 11.8 Å². The first-order valence-corrected chi connectivity index (χ1v) is 11.0. The number of piperidine rings is 1. The van der Waals surface area contributed by atoms with Crippen LogP contribution in [0, 0.1) is 0 Å². The van der Waals surface area contributed by atoms with Crippen LogP contribution >= 0.6 is 0 Å². The van der Waals surface area contributed by atoms with Crippen LogP contribution in [0.1, 0.15) is 52.4 Å². The Morgan fingerprint density at radius 2 is 1.97 bits per heavy atom. The van der Waals surface area contributed by atoms with Crippen molar-refractivity contribution in [2.75, 3.05) is 13.1 Å². The fourth-order valence-electron chi connectivity index (χ4n) is 5.19. The molecule has 8 heteroatoms. The van der Waals surface area contributed by atoms with Crippen molar-refractivity contribution in [3.05, 3.63) is 53.7 Å². The summed E-state index contributed by atoms with van der Waals surface area (Å²) in [5.74, 6) is -0.139. The number of hydrogen-bond acceptors (Lipinski definition) is 4. The van der Waals surface area contributed by atoms with Gasteiger partial charge in [0.2, 0.25) is 0 Å². The molecule has 2 aliphatic heterocycles. The number of carbonyl (C=O) groups is 2. The monoisotopic (exact) mass is 419 g/mol. The van der Waals surface area contributed by atoms with Gasteiger partial charge in [0.15, 0.2) is 5.69 Å². The minimum atomic E-state index is -0.327. The third-order valence-corrected chi connectivity index (χ3v) is 7.09. The summed E-state index contributed by atoms with van der Waals surface area (Å²) in [6, 6.07) is 9.71. The molecule has 3 aliphatic rings. The molecular formula is C23H25N5O3. The summed E-state index contributed by atoms with van der Waals surface area (Å²) in [4.78, 5) is 38.0. The van der Waals surface area contributed by atoms with Gasteiger partial charge in [-0.3, -0.25) is 9.59 Å². The van der Waals surface area contributed by atoms with Crippen LogP contribution in [0.4, 0.5) is 0 Å². The van der Waals surface area contributed by atoms with Crippen molar-refractivity contribution in [1.29, 1.82) is 0 Å². The second-order valence-corrected chi connectivity index (χ2v) is 9.06. The van der Waals surface area contributed by atoms with Crippen molar-refractivity contribution in [2.24, 2.45) is 0 Å². The van der Waals surface area contributed by atoms with E-state index in [0.717, 1.165) is 29.4 Å². The average Bonchev–Trinajstić information content (AvgIpc) is 3.23. The Bertz CT molecular complexity index is 1160. The second kappa shape index (κ2) is 6.68. The predicted octanol–water partition coefficient (Wildman–Crippen LogP) is 2.15. The summed E-state index contributed by atoms with van der Waals surface area (Å²) >= 11 is 0. The van der Waals surface area contributed by atoms with E-state index in [1.165, 1.54) is 0 Å². The molecule has 1 atom stereocenters. The van der Waals surface area contributed by atoms with Gasteiger partial charge in [-0.15, -0.1) is 0 Å². The van der Waals surface area contributed by atoms with Gasteiger partial charge in [0, 0.05) is 36.1 Å². The molecule has 1 saturated carbocycles. The van der Waals surface area contributed by atoms with Gasteiger partial charge in [-0.05, 0) is 37.8 Å². The SMILES string of the molecule is O=C(c1cc2ccccc2[nH]1)N1CCn2cnc(C(=O)N3CCC(O)CC34CC4)c2C1. The Morgan fingerprint density at radius 3 is 2.77 bits per heavy atom. The van der Waals surface area contributed by atoms with E-state index in [1.54, 1.807) is 11.2 Å². The molecule has 31 heavy (non-hydrogen) atoms. The number of rotatable bonds is 2. The molecule has 1 aliphatic carbocycles. The molecule has 1 saturated heterocycles. The summed E-state index contributed by atoms with van der Waals surface area (Å²) in [6.45, 7) is 2.11. The van der Waals surface area contributed by atoms with Crippen molar-refractivity contribution in [1.82, 2.24) is 24.3 Å². The highest BCUT2D eigenvalue weighted by molar-refractivity contribution is 5.98. The molecule has 3 aromatic rings. The molecule has 8 nitrogen and oxygen atoms in total. The number of aromatic nitrogens is 3. The lowest BCUT2D eigenvalue weighted by atomic mass is 9.96. The third-order valence-electron chi connectivity index (χ3n) is 7.09. The van der Waals surface area contributed by atoms with Crippen LogP contribution < -0.4 is 0 Å². The first kappa shape index (κ1) is 18.6. The van der Waals surface area contributed by atoms with Crippen molar-refractivity contribution < 1.29 is 14.7 Å². The summed E-state index contributed by atoms with van der Waals surface area (Å²) in [5, 5.41) is 11.1. The highest BCUT2D eigenvalue weighted by Crippen LogP contribution is 2.49. The minimum Gasteiger partial charge on any atom is -0.393 e. The van der Waals surface area contributed by atoms with E-state index in [-0.39, 0.29) is 23.5 Å². The van der Waals surface area contributed by atoms with E-state index in [4.69, 9.17) is 0 Å².